The van der Waals surface area contributed by atoms with E-state index in [-0.39, 0.29) is 17.2 Å². The van der Waals surface area contributed by atoms with Gasteiger partial charge in [0.2, 0.25) is 11.8 Å². The molecular formula is C18H26N2O3S. The van der Waals surface area contributed by atoms with E-state index in [0.29, 0.717) is 24.6 Å². The van der Waals surface area contributed by atoms with Crippen molar-refractivity contribution in [2.75, 3.05) is 19.4 Å². The number of carbonyl (C=O) groups is 2. The summed E-state index contributed by atoms with van der Waals surface area (Å²) in [6, 6.07) is 7.28. The van der Waals surface area contributed by atoms with E-state index in [4.69, 9.17) is 4.74 Å². The molecular weight excluding hydrogens is 324 g/mol. The van der Waals surface area contributed by atoms with Crippen molar-refractivity contribution in [2.24, 2.45) is 5.92 Å². The summed E-state index contributed by atoms with van der Waals surface area (Å²) in [5, 5.41) is 2.75. The summed E-state index contributed by atoms with van der Waals surface area (Å²) in [4.78, 5) is 26.8. The number of ether oxygens (including phenoxy) is 1. The zero-order chi connectivity index (χ0) is 17.7. The number of rotatable bonds is 7. The molecule has 0 radical (unpaired) electrons. The lowest BCUT2D eigenvalue weighted by Gasteiger charge is -2.33. The van der Waals surface area contributed by atoms with Gasteiger partial charge in [0.25, 0.3) is 0 Å². The van der Waals surface area contributed by atoms with Crippen molar-refractivity contribution in [3.63, 3.8) is 0 Å². The van der Waals surface area contributed by atoms with Crippen LogP contribution in [0.15, 0.2) is 24.3 Å². The maximum atomic E-state index is 12.6. The minimum Gasteiger partial charge on any atom is -0.497 e. The summed E-state index contributed by atoms with van der Waals surface area (Å²) in [5.41, 5.74) is 1.02. The van der Waals surface area contributed by atoms with Crippen molar-refractivity contribution in [2.45, 2.75) is 38.6 Å². The molecule has 1 aliphatic heterocycles. The minimum atomic E-state index is -0.431. The Kier molecular flexibility index (Phi) is 6.54. The summed E-state index contributed by atoms with van der Waals surface area (Å²) in [7, 11) is 1.63. The Morgan fingerprint density at radius 3 is 2.58 bits per heavy atom. The zero-order valence-corrected chi connectivity index (χ0v) is 15.6. The number of hydrogen-bond acceptors (Lipinski definition) is 4. The van der Waals surface area contributed by atoms with Gasteiger partial charge in [-0.15, -0.1) is 11.8 Å². The van der Waals surface area contributed by atoms with E-state index in [1.807, 2.05) is 31.2 Å². The van der Waals surface area contributed by atoms with E-state index in [0.717, 1.165) is 11.3 Å². The van der Waals surface area contributed by atoms with Gasteiger partial charge in [-0.2, -0.15) is 0 Å². The van der Waals surface area contributed by atoms with Crippen molar-refractivity contribution in [3.8, 4) is 5.75 Å². The maximum absolute atomic E-state index is 12.6. The van der Waals surface area contributed by atoms with Crippen molar-refractivity contribution in [1.82, 2.24) is 10.2 Å². The molecule has 2 rings (SSSR count). The molecule has 1 heterocycles. The van der Waals surface area contributed by atoms with Crippen LogP contribution in [0.1, 0.15) is 38.1 Å². The molecule has 1 aromatic carbocycles. The lowest BCUT2D eigenvalue weighted by molar-refractivity contribution is -0.139. The molecule has 0 bridgehead atoms. The molecule has 0 aromatic heterocycles. The van der Waals surface area contributed by atoms with Crippen molar-refractivity contribution in [1.29, 1.82) is 0 Å². The average molecular weight is 350 g/mol. The number of likely N-dealkylation sites (N-methyl/N-ethyl adjacent to an activating group) is 1. The summed E-state index contributed by atoms with van der Waals surface area (Å²) < 4.78 is 5.20. The standard InChI is InChI=1S/C18H26N2O3S/c1-5-19-17(22)15(10-12(2)3)20-16(21)11-24-18(20)13-6-8-14(23-4)9-7-13/h6-9,12,15,18H,5,10-11H2,1-4H3,(H,19,22)/t15-,18+/m1/s1. The highest BCUT2D eigenvalue weighted by Gasteiger charge is 2.40. The van der Waals surface area contributed by atoms with Crippen LogP contribution < -0.4 is 10.1 Å². The van der Waals surface area contributed by atoms with Crippen molar-refractivity contribution >= 4 is 23.6 Å². The molecule has 132 valence electrons. The van der Waals surface area contributed by atoms with Crippen LogP contribution in [-0.4, -0.2) is 42.2 Å². The van der Waals surface area contributed by atoms with Crippen LogP contribution in [0.4, 0.5) is 0 Å². The SMILES string of the molecule is CCNC(=O)[C@@H](CC(C)C)N1C(=O)CS[C@H]1c1ccc(OC)cc1. The molecule has 1 fully saturated rings. The topological polar surface area (TPSA) is 58.6 Å². The lowest BCUT2D eigenvalue weighted by atomic mass is 10.0. The van der Waals surface area contributed by atoms with E-state index in [1.54, 1.807) is 23.8 Å². The largest absolute Gasteiger partial charge is 0.497 e. The second-order valence-corrected chi connectivity index (χ2v) is 7.35. The number of nitrogens with one attached hydrogen (secondary N) is 1. The number of amides is 2. The Morgan fingerprint density at radius 2 is 2.04 bits per heavy atom. The van der Waals surface area contributed by atoms with Crippen LogP contribution in [0.2, 0.25) is 0 Å². The van der Waals surface area contributed by atoms with Crippen LogP contribution in [0.25, 0.3) is 0 Å². The van der Waals surface area contributed by atoms with E-state index < -0.39 is 6.04 Å². The van der Waals surface area contributed by atoms with Crippen molar-refractivity contribution in [3.05, 3.63) is 29.8 Å². The highest BCUT2D eigenvalue weighted by Crippen LogP contribution is 2.41. The number of thioether (sulfide) groups is 1. The minimum absolute atomic E-state index is 0.0257. The Balaban J connectivity index is 2.29. The number of benzene rings is 1. The van der Waals surface area contributed by atoms with Gasteiger partial charge in [-0.05, 0) is 37.0 Å². The van der Waals surface area contributed by atoms with Gasteiger partial charge in [-0.25, -0.2) is 0 Å². The second kappa shape index (κ2) is 8.42. The van der Waals surface area contributed by atoms with E-state index in [1.165, 1.54) is 0 Å². The van der Waals surface area contributed by atoms with E-state index >= 15 is 0 Å². The third-order valence-electron chi connectivity index (χ3n) is 3.99. The molecule has 1 aliphatic rings. The molecule has 5 nitrogen and oxygen atoms in total. The molecule has 0 unspecified atom stereocenters. The second-order valence-electron chi connectivity index (χ2n) is 6.28. The van der Waals surface area contributed by atoms with Gasteiger partial charge < -0.3 is 15.0 Å². The predicted molar refractivity (Wildman–Crippen MR) is 97.0 cm³/mol. The Hall–Kier alpha value is -1.69. The molecule has 0 saturated carbocycles. The molecule has 1 aromatic rings. The zero-order valence-electron chi connectivity index (χ0n) is 14.7. The molecule has 1 saturated heterocycles. The molecule has 2 amide bonds. The van der Waals surface area contributed by atoms with Gasteiger partial charge in [-0.1, -0.05) is 26.0 Å². The summed E-state index contributed by atoms with van der Waals surface area (Å²) in [5.74, 6) is 1.47. The predicted octanol–water partition coefficient (Wildman–Crippen LogP) is 2.82. The van der Waals surface area contributed by atoms with Gasteiger partial charge in [0.1, 0.15) is 17.2 Å². The summed E-state index contributed by atoms with van der Waals surface area (Å²) >= 11 is 1.57. The molecule has 0 spiro atoms. The first-order valence-corrected chi connectivity index (χ1v) is 9.37. The van der Waals surface area contributed by atoms with Gasteiger partial charge in [0, 0.05) is 6.54 Å². The number of carbonyl (C=O) groups excluding carboxylic acids is 2. The highest BCUT2D eigenvalue weighted by atomic mass is 32.2. The first-order valence-electron chi connectivity index (χ1n) is 8.32. The average Bonchev–Trinajstić information content (AvgIpc) is 2.94. The molecule has 24 heavy (non-hydrogen) atoms. The monoisotopic (exact) mass is 350 g/mol. The van der Waals surface area contributed by atoms with Crippen LogP contribution in [0.5, 0.6) is 5.75 Å². The van der Waals surface area contributed by atoms with Crippen LogP contribution >= 0.6 is 11.8 Å². The van der Waals surface area contributed by atoms with Gasteiger partial charge >= 0.3 is 0 Å². The normalized spacial score (nSPS) is 18.8. The first kappa shape index (κ1) is 18.6. The number of hydrogen-bond donors (Lipinski definition) is 1. The fraction of sp³-hybridized carbons (Fsp3) is 0.556. The van der Waals surface area contributed by atoms with Gasteiger partial charge in [0.05, 0.1) is 12.9 Å². The highest BCUT2D eigenvalue weighted by molar-refractivity contribution is 8.00. The Labute approximate surface area is 148 Å². The fourth-order valence-corrected chi connectivity index (χ4v) is 4.11. The third-order valence-corrected chi connectivity index (χ3v) is 5.22. The number of methoxy groups -OCH3 is 1. The van der Waals surface area contributed by atoms with Crippen LogP contribution in [0, 0.1) is 5.92 Å². The smallest absolute Gasteiger partial charge is 0.242 e. The van der Waals surface area contributed by atoms with Gasteiger partial charge in [0.15, 0.2) is 0 Å². The molecule has 0 aliphatic carbocycles. The molecule has 2 atom stereocenters. The van der Waals surface area contributed by atoms with E-state index in [2.05, 4.69) is 19.2 Å². The van der Waals surface area contributed by atoms with E-state index in [9.17, 15) is 9.59 Å². The number of nitrogens with zero attached hydrogens (tertiary/aromatic N) is 1. The third kappa shape index (κ3) is 4.23. The molecule has 6 heteroatoms. The first-order chi connectivity index (χ1) is 11.5. The fourth-order valence-electron chi connectivity index (χ4n) is 2.88. The van der Waals surface area contributed by atoms with Crippen LogP contribution in [0.3, 0.4) is 0 Å². The van der Waals surface area contributed by atoms with Gasteiger partial charge in [-0.3, -0.25) is 9.59 Å². The maximum Gasteiger partial charge on any atom is 0.242 e. The Morgan fingerprint density at radius 1 is 1.38 bits per heavy atom. The van der Waals surface area contributed by atoms with Crippen LogP contribution in [-0.2, 0) is 9.59 Å². The van der Waals surface area contributed by atoms with Crippen molar-refractivity contribution < 1.29 is 14.3 Å². The summed E-state index contributed by atoms with van der Waals surface area (Å²) in [6.07, 6.45) is 0.658. The quantitative estimate of drug-likeness (QED) is 0.821. The molecule has 1 N–H and O–H groups in total. The Bertz CT molecular complexity index is 574. The lowest BCUT2D eigenvalue weighted by Crippen LogP contribution is -2.49. The summed E-state index contributed by atoms with van der Waals surface area (Å²) in [6.45, 7) is 6.60.